The average Bonchev–Trinajstić information content (AvgIpc) is 3.36. The van der Waals surface area contributed by atoms with Crippen molar-refractivity contribution in [3.05, 3.63) is 33.8 Å². The standard InChI is InChI=1S/C19H22Cl2O4/c20-16-4-1-11(7-17(16)21)14-8-12-2-5-18(25-12)15(14)10-24-19(22)6-3-13-9-23-13/h1,4,7,12-15,18H,2-3,5-6,8-10H2. The van der Waals surface area contributed by atoms with Crippen molar-refractivity contribution < 1.29 is 19.0 Å². The fourth-order valence-electron chi connectivity index (χ4n) is 4.06. The van der Waals surface area contributed by atoms with Crippen LogP contribution in [0.15, 0.2) is 18.2 Å². The number of epoxide rings is 1. The van der Waals surface area contributed by atoms with E-state index in [0.717, 1.165) is 37.9 Å². The molecule has 136 valence electrons. The summed E-state index contributed by atoms with van der Waals surface area (Å²) >= 11 is 12.3. The van der Waals surface area contributed by atoms with Crippen molar-refractivity contribution in [3.8, 4) is 0 Å². The summed E-state index contributed by atoms with van der Waals surface area (Å²) in [4.78, 5) is 12.0. The SMILES string of the molecule is O=C(CCC1CO1)OCC1C2CCC(CC1c1ccc(Cl)c(Cl)c1)O2. The van der Waals surface area contributed by atoms with E-state index in [0.29, 0.717) is 29.2 Å². The Morgan fingerprint density at radius 1 is 1.24 bits per heavy atom. The molecule has 3 saturated heterocycles. The lowest BCUT2D eigenvalue weighted by Gasteiger charge is -2.37. The van der Waals surface area contributed by atoms with Gasteiger partial charge in [0.1, 0.15) is 0 Å². The van der Waals surface area contributed by atoms with Crippen molar-refractivity contribution in [1.29, 1.82) is 0 Å². The smallest absolute Gasteiger partial charge is 0.305 e. The molecule has 2 bridgehead atoms. The number of benzene rings is 1. The lowest BCUT2D eigenvalue weighted by molar-refractivity contribution is -0.149. The number of carbonyl (C=O) groups excluding carboxylic acids is 1. The van der Waals surface area contributed by atoms with Gasteiger partial charge in [-0.1, -0.05) is 29.3 Å². The van der Waals surface area contributed by atoms with Gasteiger partial charge in [-0.3, -0.25) is 4.79 Å². The summed E-state index contributed by atoms with van der Waals surface area (Å²) in [5.74, 6) is 0.293. The molecule has 3 fully saturated rings. The Morgan fingerprint density at radius 2 is 2.08 bits per heavy atom. The minimum absolute atomic E-state index is 0.150. The van der Waals surface area contributed by atoms with Crippen LogP contribution in [-0.2, 0) is 19.0 Å². The van der Waals surface area contributed by atoms with Crippen molar-refractivity contribution in [3.63, 3.8) is 0 Å². The summed E-state index contributed by atoms with van der Waals surface area (Å²) in [5.41, 5.74) is 1.15. The number of rotatable bonds is 6. The largest absolute Gasteiger partial charge is 0.465 e. The molecule has 3 aliphatic heterocycles. The Kier molecular flexibility index (Phi) is 5.23. The minimum Gasteiger partial charge on any atom is -0.465 e. The van der Waals surface area contributed by atoms with Crippen molar-refractivity contribution in [2.24, 2.45) is 5.92 Å². The zero-order valence-corrected chi connectivity index (χ0v) is 15.5. The van der Waals surface area contributed by atoms with E-state index in [9.17, 15) is 4.79 Å². The number of halogens is 2. The Balaban J connectivity index is 1.43. The van der Waals surface area contributed by atoms with Crippen LogP contribution in [0, 0.1) is 5.92 Å². The molecule has 0 radical (unpaired) electrons. The maximum absolute atomic E-state index is 12.0. The van der Waals surface area contributed by atoms with Gasteiger partial charge in [0.2, 0.25) is 0 Å². The van der Waals surface area contributed by atoms with Gasteiger partial charge in [0, 0.05) is 12.3 Å². The molecule has 4 nitrogen and oxygen atoms in total. The minimum atomic E-state index is -0.150. The molecule has 0 saturated carbocycles. The normalized spacial score (nSPS) is 33.3. The van der Waals surface area contributed by atoms with Crippen LogP contribution in [0.3, 0.4) is 0 Å². The van der Waals surface area contributed by atoms with Crippen molar-refractivity contribution in [2.75, 3.05) is 13.2 Å². The van der Waals surface area contributed by atoms with Crippen LogP contribution < -0.4 is 0 Å². The topological polar surface area (TPSA) is 48.1 Å². The molecule has 3 heterocycles. The van der Waals surface area contributed by atoms with Crippen LogP contribution in [0.2, 0.25) is 10.0 Å². The molecule has 6 heteroatoms. The molecule has 5 atom stereocenters. The fourth-order valence-corrected chi connectivity index (χ4v) is 4.37. The van der Waals surface area contributed by atoms with E-state index in [1.54, 1.807) is 0 Å². The molecule has 3 aliphatic rings. The summed E-state index contributed by atoms with van der Waals surface area (Å²) in [7, 11) is 0. The van der Waals surface area contributed by atoms with Crippen LogP contribution in [-0.4, -0.2) is 37.5 Å². The zero-order valence-electron chi connectivity index (χ0n) is 14.0. The molecule has 4 rings (SSSR count). The quantitative estimate of drug-likeness (QED) is 0.539. The molecular weight excluding hydrogens is 363 g/mol. The molecule has 0 N–H and O–H groups in total. The second-order valence-electron chi connectivity index (χ2n) is 7.23. The van der Waals surface area contributed by atoms with E-state index >= 15 is 0 Å². The average molecular weight is 385 g/mol. The monoisotopic (exact) mass is 384 g/mol. The summed E-state index contributed by atoms with van der Waals surface area (Å²) in [6.07, 6.45) is 4.91. The lowest BCUT2D eigenvalue weighted by Crippen LogP contribution is -2.37. The van der Waals surface area contributed by atoms with Gasteiger partial charge < -0.3 is 14.2 Å². The maximum Gasteiger partial charge on any atom is 0.305 e. The summed E-state index contributed by atoms with van der Waals surface area (Å²) in [5, 5.41) is 1.13. The van der Waals surface area contributed by atoms with Gasteiger partial charge in [0.05, 0.1) is 41.6 Å². The predicted octanol–water partition coefficient (Wildman–Crippen LogP) is 4.37. The highest BCUT2D eigenvalue weighted by Gasteiger charge is 2.44. The van der Waals surface area contributed by atoms with E-state index in [1.807, 2.05) is 18.2 Å². The Bertz CT molecular complexity index is 646. The van der Waals surface area contributed by atoms with Gasteiger partial charge in [-0.2, -0.15) is 0 Å². The molecule has 0 spiro atoms. The summed E-state index contributed by atoms with van der Waals surface area (Å²) in [6, 6.07) is 5.82. The maximum atomic E-state index is 12.0. The number of ether oxygens (including phenoxy) is 3. The van der Waals surface area contributed by atoms with E-state index < -0.39 is 0 Å². The first-order valence-electron chi connectivity index (χ1n) is 8.98. The van der Waals surface area contributed by atoms with Crippen molar-refractivity contribution in [1.82, 2.24) is 0 Å². The number of carbonyl (C=O) groups is 1. The lowest BCUT2D eigenvalue weighted by atomic mass is 9.79. The Morgan fingerprint density at radius 3 is 2.84 bits per heavy atom. The number of hydrogen-bond donors (Lipinski definition) is 0. The van der Waals surface area contributed by atoms with Gasteiger partial charge in [0.25, 0.3) is 0 Å². The molecule has 1 aromatic rings. The van der Waals surface area contributed by atoms with E-state index in [-0.39, 0.29) is 30.0 Å². The molecule has 1 aromatic carbocycles. The van der Waals surface area contributed by atoms with Crippen LogP contribution in [0.1, 0.15) is 43.6 Å². The van der Waals surface area contributed by atoms with E-state index in [1.165, 1.54) is 0 Å². The first-order valence-corrected chi connectivity index (χ1v) is 9.73. The first-order chi connectivity index (χ1) is 12.1. The van der Waals surface area contributed by atoms with Gasteiger partial charge in [-0.05, 0) is 49.3 Å². The van der Waals surface area contributed by atoms with Crippen LogP contribution in [0.4, 0.5) is 0 Å². The third-order valence-corrected chi connectivity index (χ3v) is 6.27. The molecule has 0 aromatic heterocycles. The van der Waals surface area contributed by atoms with Gasteiger partial charge >= 0.3 is 5.97 Å². The third kappa shape index (κ3) is 4.13. The Labute approximate surface area is 157 Å². The van der Waals surface area contributed by atoms with E-state index in [4.69, 9.17) is 37.4 Å². The molecular formula is C19H22Cl2O4. The van der Waals surface area contributed by atoms with Crippen LogP contribution in [0.5, 0.6) is 0 Å². The second kappa shape index (κ2) is 7.43. The molecule has 25 heavy (non-hydrogen) atoms. The van der Waals surface area contributed by atoms with Crippen LogP contribution in [0.25, 0.3) is 0 Å². The number of fused-ring (bicyclic) bond motifs is 2. The third-order valence-electron chi connectivity index (χ3n) is 5.53. The highest BCUT2D eigenvalue weighted by Crippen LogP contribution is 2.46. The van der Waals surface area contributed by atoms with Gasteiger partial charge in [-0.15, -0.1) is 0 Å². The van der Waals surface area contributed by atoms with E-state index in [2.05, 4.69) is 0 Å². The summed E-state index contributed by atoms with van der Waals surface area (Å²) in [6.45, 7) is 1.17. The highest BCUT2D eigenvalue weighted by atomic mass is 35.5. The van der Waals surface area contributed by atoms with Crippen molar-refractivity contribution >= 4 is 29.2 Å². The Hall–Kier alpha value is -0.810. The molecule has 5 unspecified atom stereocenters. The first kappa shape index (κ1) is 17.6. The summed E-state index contributed by atoms with van der Waals surface area (Å²) < 4.78 is 16.8. The van der Waals surface area contributed by atoms with Crippen LogP contribution >= 0.6 is 23.2 Å². The predicted molar refractivity (Wildman–Crippen MR) is 95.1 cm³/mol. The number of esters is 1. The molecule has 0 aliphatic carbocycles. The van der Waals surface area contributed by atoms with Gasteiger partial charge in [0.15, 0.2) is 0 Å². The molecule has 0 amide bonds. The van der Waals surface area contributed by atoms with Crippen molar-refractivity contribution in [2.45, 2.75) is 56.3 Å². The number of hydrogen-bond acceptors (Lipinski definition) is 4. The highest BCUT2D eigenvalue weighted by molar-refractivity contribution is 6.42. The zero-order chi connectivity index (χ0) is 17.4. The second-order valence-corrected chi connectivity index (χ2v) is 8.04. The fraction of sp³-hybridized carbons (Fsp3) is 0.632. The van der Waals surface area contributed by atoms with Gasteiger partial charge in [-0.25, -0.2) is 0 Å².